The molecule has 4 aromatic rings. The molecule has 32 heavy (non-hydrogen) atoms. The molecule has 0 radical (unpaired) electrons. The van der Waals surface area contributed by atoms with Gasteiger partial charge in [-0.05, 0) is 42.0 Å². The predicted molar refractivity (Wildman–Crippen MR) is 114 cm³/mol. The maximum absolute atomic E-state index is 12.5. The van der Waals surface area contributed by atoms with Gasteiger partial charge < -0.3 is 5.32 Å². The number of fused-ring (bicyclic) bond motifs is 1. The van der Waals surface area contributed by atoms with Gasteiger partial charge in [0.05, 0.1) is 41.9 Å². The van der Waals surface area contributed by atoms with Gasteiger partial charge in [-0.2, -0.15) is 10.2 Å². The molecule has 9 heteroatoms. The van der Waals surface area contributed by atoms with Crippen LogP contribution in [0.25, 0.3) is 5.82 Å². The molecule has 3 heterocycles. The highest BCUT2D eigenvalue weighted by Gasteiger charge is 2.34. The molecule has 5 rings (SSSR count). The van der Waals surface area contributed by atoms with Crippen LogP contribution in [0.4, 0.5) is 5.69 Å². The van der Waals surface area contributed by atoms with Crippen molar-refractivity contribution in [3.8, 4) is 5.82 Å². The first-order valence-electron chi connectivity index (χ1n) is 9.78. The Kier molecular flexibility index (Phi) is 4.75. The van der Waals surface area contributed by atoms with E-state index in [-0.39, 0.29) is 24.3 Å². The van der Waals surface area contributed by atoms with E-state index in [4.69, 9.17) is 0 Å². The largest absolute Gasteiger partial charge is 0.321 e. The van der Waals surface area contributed by atoms with E-state index in [2.05, 4.69) is 20.5 Å². The van der Waals surface area contributed by atoms with Crippen molar-refractivity contribution in [1.82, 2.24) is 24.9 Å². The van der Waals surface area contributed by atoms with Crippen LogP contribution >= 0.6 is 0 Å². The number of anilines is 1. The van der Waals surface area contributed by atoms with Crippen molar-refractivity contribution in [3.05, 3.63) is 102 Å². The first-order chi connectivity index (χ1) is 15.6. The van der Waals surface area contributed by atoms with E-state index in [1.165, 1.54) is 15.9 Å². The second kappa shape index (κ2) is 7.88. The zero-order valence-electron chi connectivity index (χ0n) is 16.7. The molecular formula is C23H16N6O3. The van der Waals surface area contributed by atoms with E-state index < -0.39 is 0 Å². The van der Waals surface area contributed by atoms with Crippen LogP contribution in [0, 0.1) is 0 Å². The van der Waals surface area contributed by atoms with Gasteiger partial charge in [-0.3, -0.25) is 19.3 Å². The Morgan fingerprint density at radius 1 is 0.844 bits per heavy atom. The quantitative estimate of drug-likeness (QED) is 0.493. The monoisotopic (exact) mass is 424 g/mol. The van der Waals surface area contributed by atoms with E-state index >= 15 is 0 Å². The third kappa shape index (κ3) is 3.52. The summed E-state index contributed by atoms with van der Waals surface area (Å²) in [6.07, 6.45) is 4.62. The summed E-state index contributed by atoms with van der Waals surface area (Å²) in [5.41, 5.74) is 2.54. The maximum atomic E-state index is 12.5. The lowest BCUT2D eigenvalue weighted by Gasteiger charge is -2.14. The third-order valence-corrected chi connectivity index (χ3v) is 5.06. The van der Waals surface area contributed by atoms with Gasteiger partial charge in [-0.1, -0.05) is 24.3 Å². The molecular weight excluding hydrogens is 408 g/mol. The second-order valence-electron chi connectivity index (χ2n) is 7.12. The molecule has 2 aromatic carbocycles. The third-order valence-electron chi connectivity index (χ3n) is 5.06. The van der Waals surface area contributed by atoms with Crippen LogP contribution in [-0.2, 0) is 6.54 Å². The van der Waals surface area contributed by atoms with Crippen molar-refractivity contribution in [2.24, 2.45) is 0 Å². The smallest absolute Gasteiger partial charge is 0.261 e. The standard InChI is InChI=1S/C23H16N6O3/c30-21(27-17-9-10-20(24-13-17)29-25-11-12-26-29)16-7-5-15(6-8-16)14-28-22(31)18-3-1-2-4-19(18)23(28)32/h1-13H,14H2,(H,27,30). The number of pyridine rings is 1. The Morgan fingerprint density at radius 3 is 2.09 bits per heavy atom. The lowest BCUT2D eigenvalue weighted by molar-refractivity contribution is 0.0642. The van der Waals surface area contributed by atoms with Crippen LogP contribution in [0.3, 0.4) is 0 Å². The number of benzene rings is 2. The average Bonchev–Trinajstić information content (AvgIpc) is 3.44. The molecule has 0 saturated heterocycles. The van der Waals surface area contributed by atoms with Crippen LogP contribution in [0.5, 0.6) is 0 Å². The number of carbonyl (C=O) groups excluding carboxylic acids is 3. The van der Waals surface area contributed by atoms with Crippen LogP contribution < -0.4 is 5.32 Å². The summed E-state index contributed by atoms with van der Waals surface area (Å²) in [5, 5.41) is 10.8. The van der Waals surface area contributed by atoms with Crippen molar-refractivity contribution in [1.29, 1.82) is 0 Å². The molecule has 0 atom stereocenters. The molecule has 1 N–H and O–H groups in total. The fourth-order valence-corrected chi connectivity index (χ4v) is 3.44. The summed E-state index contributed by atoms with van der Waals surface area (Å²) in [6.45, 7) is 0.140. The van der Waals surface area contributed by atoms with Gasteiger partial charge in [0, 0.05) is 5.56 Å². The van der Waals surface area contributed by atoms with Gasteiger partial charge in [0.1, 0.15) is 0 Å². The van der Waals surface area contributed by atoms with Gasteiger partial charge in [0.15, 0.2) is 5.82 Å². The van der Waals surface area contributed by atoms with Gasteiger partial charge >= 0.3 is 0 Å². The van der Waals surface area contributed by atoms with Crippen molar-refractivity contribution in [2.75, 3.05) is 5.32 Å². The number of aromatic nitrogens is 4. The minimum absolute atomic E-state index is 0.140. The Labute approximate surface area is 182 Å². The van der Waals surface area contributed by atoms with Crippen molar-refractivity contribution < 1.29 is 14.4 Å². The Bertz CT molecular complexity index is 1280. The Morgan fingerprint density at radius 2 is 1.50 bits per heavy atom. The van der Waals surface area contributed by atoms with Crippen molar-refractivity contribution >= 4 is 23.4 Å². The van der Waals surface area contributed by atoms with Crippen LogP contribution in [0.15, 0.2) is 79.3 Å². The summed E-state index contributed by atoms with van der Waals surface area (Å²) in [6, 6.07) is 16.9. The van der Waals surface area contributed by atoms with E-state index in [1.54, 1.807) is 73.1 Å². The molecule has 0 spiro atoms. The molecule has 3 amide bonds. The molecule has 0 aliphatic carbocycles. The highest BCUT2D eigenvalue weighted by Crippen LogP contribution is 2.24. The fraction of sp³-hybridized carbons (Fsp3) is 0.0435. The first-order valence-corrected chi connectivity index (χ1v) is 9.78. The van der Waals surface area contributed by atoms with Gasteiger partial charge in [0.2, 0.25) is 0 Å². The van der Waals surface area contributed by atoms with Crippen LogP contribution in [-0.4, -0.2) is 42.6 Å². The Balaban J connectivity index is 1.24. The first kappa shape index (κ1) is 19.3. The van der Waals surface area contributed by atoms with Gasteiger partial charge in [-0.15, -0.1) is 4.80 Å². The molecule has 0 fully saturated rings. The van der Waals surface area contributed by atoms with E-state index in [9.17, 15) is 14.4 Å². The summed E-state index contributed by atoms with van der Waals surface area (Å²) < 4.78 is 0. The zero-order valence-corrected chi connectivity index (χ0v) is 16.7. The topological polar surface area (TPSA) is 110 Å². The summed E-state index contributed by atoms with van der Waals surface area (Å²) >= 11 is 0. The number of rotatable bonds is 5. The van der Waals surface area contributed by atoms with Gasteiger partial charge in [-0.25, -0.2) is 4.98 Å². The maximum Gasteiger partial charge on any atom is 0.261 e. The SMILES string of the molecule is O=C(Nc1ccc(-n2nccn2)nc1)c1ccc(CN2C(=O)c3ccccc3C2=O)cc1. The molecule has 1 aliphatic rings. The zero-order chi connectivity index (χ0) is 22.1. The number of imide groups is 1. The lowest BCUT2D eigenvalue weighted by Crippen LogP contribution is -2.29. The minimum atomic E-state index is -0.311. The fourth-order valence-electron chi connectivity index (χ4n) is 3.44. The summed E-state index contributed by atoms with van der Waals surface area (Å²) in [4.78, 5) is 44.4. The van der Waals surface area contributed by atoms with Gasteiger partial charge in [0.25, 0.3) is 17.7 Å². The van der Waals surface area contributed by atoms with Crippen LogP contribution in [0.1, 0.15) is 36.6 Å². The number of nitrogens with one attached hydrogen (secondary N) is 1. The number of amides is 3. The van der Waals surface area contributed by atoms with Crippen molar-refractivity contribution in [2.45, 2.75) is 6.54 Å². The van der Waals surface area contributed by atoms with Crippen molar-refractivity contribution in [3.63, 3.8) is 0 Å². The Hall–Kier alpha value is -4.66. The molecule has 1 aliphatic heterocycles. The number of hydrogen-bond acceptors (Lipinski definition) is 6. The number of carbonyl (C=O) groups is 3. The van der Waals surface area contributed by atoms with Crippen LogP contribution in [0.2, 0.25) is 0 Å². The predicted octanol–water partition coefficient (Wildman–Crippen LogP) is 2.71. The summed E-state index contributed by atoms with van der Waals surface area (Å²) in [7, 11) is 0. The second-order valence-corrected chi connectivity index (χ2v) is 7.12. The highest BCUT2D eigenvalue weighted by atomic mass is 16.2. The molecule has 156 valence electrons. The molecule has 0 unspecified atom stereocenters. The van der Waals surface area contributed by atoms with E-state index in [1.807, 2.05) is 0 Å². The molecule has 0 bridgehead atoms. The molecule has 0 saturated carbocycles. The molecule has 2 aromatic heterocycles. The average molecular weight is 424 g/mol. The highest BCUT2D eigenvalue weighted by molar-refractivity contribution is 6.21. The van der Waals surface area contributed by atoms with E-state index in [0.29, 0.717) is 28.2 Å². The number of hydrogen-bond donors (Lipinski definition) is 1. The minimum Gasteiger partial charge on any atom is -0.321 e. The molecule has 9 nitrogen and oxygen atoms in total. The summed E-state index contributed by atoms with van der Waals surface area (Å²) in [5.74, 6) is -0.392. The number of nitrogens with zero attached hydrogens (tertiary/aromatic N) is 5. The lowest BCUT2D eigenvalue weighted by atomic mass is 10.1. The normalized spacial score (nSPS) is 12.7. The van der Waals surface area contributed by atoms with E-state index in [0.717, 1.165) is 5.56 Å².